The Kier molecular flexibility index (Phi) is 5.42. The van der Waals surface area contributed by atoms with Gasteiger partial charge in [-0.15, -0.1) is 0 Å². The second-order valence-electron chi connectivity index (χ2n) is 6.56. The predicted octanol–water partition coefficient (Wildman–Crippen LogP) is 2.34. The van der Waals surface area contributed by atoms with Crippen LogP contribution in [-0.2, 0) is 10.2 Å². The van der Waals surface area contributed by atoms with Crippen LogP contribution in [0.3, 0.4) is 0 Å². The maximum atomic E-state index is 12.2. The number of aliphatic imine (C=N–C) groups is 1. The molecule has 1 aromatic carbocycles. The molecule has 1 heterocycles. The summed E-state index contributed by atoms with van der Waals surface area (Å²) < 4.78 is 5.90. The fourth-order valence-corrected chi connectivity index (χ4v) is 2.30. The number of amidine groups is 1. The lowest BCUT2D eigenvalue weighted by Crippen LogP contribution is -2.43. The van der Waals surface area contributed by atoms with Gasteiger partial charge in [0.15, 0.2) is 5.84 Å². The van der Waals surface area contributed by atoms with E-state index in [0.717, 1.165) is 11.3 Å². The molecule has 1 N–H and O–H groups in total. The van der Waals surface area contributed by atoms with Gasteiger partial charge in [0.2, 0.25) is 0 Å². The minimum atomic E-state index is -0.123. The predicted molar refractivity (Wildman–Crippen MR) is 92.9 cm³/mol. The van der Waals surface area contributed by atoms with Crippen molar-refractivity contribution in [2.24, 2.45) is 4.99 Å². The SMILES string of the molecule is CN(CCOc1ccccc1C(C)(C)C)C(=O)C1=NC=CCN1. The number of carbonyl (C=O) groups excluding carboxylic acids is 1. The summed E-state index contributed by atoms with van der Waals surface area (Å²) in [6, 6.07) is 8.03. The molecule has 1 aliphatic heterocycles. The van der Waals surface area contributed by atoms with Crippen molar-refractivity contribution in [3.63, 3.8) is 0 Å². The van der Waals surface area contributed by atoms with Crippen LogP contribution in [0.25, 0.3) is 0 Å². The Morgan fingerprint density at radius 1 is 1.35 bits per heavy atom. The normalized spacial score (nSPS) is 14.0. The Hall–Kier alpha value is -2.30. The minimum absolute atomic E-state index is 0.0192. The summed E-state index contributed by atoms with van der Waals surface area (Å²) in [6.07, 6.45) is 3.51. The first-order chi connectivity index (χ1) is 10.9. The molecule has 0 radical (unpaired) electrons. The van der Waals surface area contributed by atoms with E-state index in [2.05, 4.69) is 37.1 Å². The van der Waals surface area contributed by atoms with Gasteiger partial charge in [0.05, 0.1) is 6.54 Å². The van der Waals surface area contributed by atoms with Gasteiger partial charge in [-0.25, -0.2) is 4.99 Å². The number of hydrogen-bond acceptors (Lipinski definition) is 4. The molecule has 1 aromatic rings. The molecule has 5 nitrogen and oxygen atoms in total. The Morgan fingerprint density at radius 3 is 2.74 bits per heavy atom. The summed E-state index contributed by atoms with van der Waals surface area (Å²) in [5.74, 6) is 1.13. The summed E-state index contributed by atoms with van der Waals surface area (Å²) in [5.41, 5.74) is 1.18. The molecule has 0 bridgehead atoms. The molecular weight excluding hydrogens is 290 g/mol. The first kappa shape index (κ1) is 17.1. The summed E-state index contributed by atoms with van der Waals surface area (Å²) in [5, 5.41) is 2.97. The summed E-state index contributed by atoms with van der Waals surface area (Å²) >= 11 is 0. The first-order valence-corrected chi connectivity index (χ1v) is 7.84. The van der Waals surface area contributed by atoms with E-state index >= 15 is 0 Å². The monoisotopic (exact) mass is 315 g/mol. The van der Waals surface area contributed by atoms with Crippen LogP contribution in [0.5, 0.6) is 5.75 Å². The second kappa shape index (κ2) is 7.31. The third-order valence-electron chi connectivity index (χ3n) is 3.63. The zero-order valence-corrected chi connectivity index (χ0v) is 14.3. The summed E-state index contributed by atoms with van der Waals surface area (Å²) in [6.45, 7) is 8.05. The molecular formula is C18H25N3O2. The number of amides is 1. The van der Waals surface area contributed by atoms with E-state index in [-0.39, 0.29) is 11.3 Å². The number of benzene rings is 1. The van der Waals surface area contributed by atoms with E-state index in [4.69, 9.17) is 4.74 Å². The maximum Gasteiger partial charge on any atom is 0.289 e. The molecule has 124 valence electrons. The van der Waals surface area contributed by atoms with E-state index in [1.54, 1.807) is 18.1 Å². The number of para-hydroxylation sites is 1. The molecule has 0 saturated heterocycles. The highest BCUT2D eigenvalue weighted by molar-refractivity contribution is 6.38. The zero-order valence-electron chi connectivity index (χ0n) is 14.3. The largest absolute Gasteiger partial charge is 0.491 e. The highest BCUT2D eigenvalue weighted by Crippen LogP contribution is 2.30. The average molecular weight is 315 g/mol. The molecule has 0 unspecified atom stereocenters. The van der Waals surface area contributed by atoms with Crippen molar-refractivity contribution < 1.29 is 9.53 Å². The van der Waals surface area contributed by atoms with Gasteiger partial charge in [-0.2, -0.15) is 0 Å². The van der Waals surface area contributed by atoms with Crippen molar-refractivity contribution in [2.45, 2.75) is 26.2 Å². The molecule has 0 aliphatic carbocycles. The molecule has 1 aliphatic rings. The van der Waals surface area contributed by atoms with Gasteiger partial charge in [0.25, 0.3) is 5.91 Å². The second-order valence-corrected chi connectivity index (χ2v) is 6.56. The molecule has 0 atom stereocenters. The van der Waals surface area contributed by atoms with Crippen LogP contribution in [0.1, 0.15) is 26.3 Å². The average Bonchev–Trinajstić information content (AvgIpc) is 2.54. The third kappa shape index (κ3) is 4.58. The lowest BCUT2D eigenvalue weighted by molar-refractivity contribution is -0.123. The molecule has 0 aromatic heterocycles. The fourth-order valence-electron chi connectivity index (χ4n) is 2.30. The number of ether oxygens (including phenoxy) is 1. The van der Waals surface area contributed by atoms with Crippen molar-refractivity contribution in [2.75, 3.05) is 26.7 Å². The molecule has 2 rings (SSSR count). The number of hydrogen-bond donors (Lipinski definition) is 1. The van der Waals surface area contributed by atoms with Crippen LogP contribution in [-0.4, -0.2) is 43.4 Å². The molecule has 23 heavy (non-hydrogen) atoms. The number of rotatable bonds is 5. The lowest BCUT2D eigenvalue weighted by Gasteiger charge is -2.24. The van der Waals surface area contributed by atoms with Gasteiger partial charge in [-0.05, 0) is 23.1 Å². The van der Waals surface area contributed by atoms with E-state index in [1.807, 2.05) is 24.3 Å². The molecule has 5 heteroatoms. The zero-order chi connectivity index (χ0) is 16.9. The molecule has 1 amide bonds. The number of carbonyl (C=O) groups is 1. The Labute approximate surface area is 138 Å². The smallest absolute Gasteiger partial charge is 0.289 e. The molecule has 0 fully saturated rings. The van der Waals surface area contributed by atoms with Gasteiger partial charge in [0, 0.05) is 19.8 Å². The molecule has 0 saturated carbocycles. The van der Waals surface area contributed by atoms with Gasteiger partial charge in [0.1, 0.15) is 12.4 Å². The van der Waals surface area contributed by atoms with Crippen molar-refractivity contribution in [1.29, 1.82) is 0 Å². The van der Waals surface area contributed by atoms with Crippen molar-refractivity contribution in [1.82, 2.24) is 10.2 Å². The first-order valence-electron chi connectivity index (χ1n) is 7.84. The van der Waals surface area contributed by atoms with Gasteiger partial charge >= 0.3 is 0 Å². The number of nitrogens with one attached hydrogen (secondary N) is 1. The standard InChI is InChI=1S/C18H25N3O2/c1-18(2,3)14-8-5-6-9-15(14)23-13-12-21(4)17(22)16-19-10-7-11-20-16/h5-10H,11-13H2,1-4H3,(H,19,20). The van der Waals surface area contributed by atoms with Gasteiger partial charge < -0.3 is 15.0 Å². The van der Waals surface area contributed by atoms with Crippen LogP contribution in [0.2, 0.25) is 0 Å². The van der Waals surface area contributed by atoms with E-state index in [1.165, 1.54) is 0 Å². The van der Waals surface area contributed by atoms with Crippen molar-refractivity contribution in [3.8, 4) is 5.75 Å². The highest BCUT2D eigenvalue weighted by atomic mass is 16.5. The summed E-state index contributed by atoms with van der Waals surface area (Å²) in [7, 11) is 1.75. The van der Waals surface area contributed by atoms with Crippen molar-refractivity contribution >= 4 is 11.7 Å². The Morgan fingerprint density at radius 2 is 2.09 bits per heavy atom. The topological polar surface area (TPSA) is 53.9 Å². The van der Waals surface area contributed by atoms with Gasteiger partial charge in [-0.3, -0.25) is 4.79 Å². The quantitative estimate of drug-likeness (QED) is 0.907. The Balaban J connectivity index is 1.91. The highest BCUT2D eigenvalue weighted by Gasteiger charge is 2.19. The van der Waals surface area contributed by atoms with E-state index in [9.17, 15) is 4.79 Å². The van der Waals surface area contributed by atoms with Crippen molar-refractivity contribution in [3.05, 3.63) is 42.1 Å². The Bertz CT molecular complexity index is 615. The fraction of sp³-hybridized carbons (Fsp3) is 0.444. The number of likely N-dealkylation sites (N-methyl/N-ethyl adjacent to an activating group) is 1. The van der Waals surface area contributed by atoms with Crippen LogP contribution in [0.4, 0.5) is 0 Å². The number of nitrogens with zero attached hydrogens (tertiary/aromatic N) is 2. The van der Waals surface area contributed by atoms with Gasteiger partial charge in [-0.1, -0.05) is 39.0 Å². The van der Waals surface area contributed by atoms with Crippen LogP contribution >= 0.6 is 0 Å². The third-order valence-corrected chi connectivity index (χ3v) is 3.63. The summed E-state index contributed by atoms with van der Waals surface area (Å²) in [4.78, 5) is 17.9. The lowest BCUT2D eigenvalue weighted by atomic mass is 9.86. The maximum absolute atomic E-state index is 12.2. The van der Waals surface area contributed by atoms with Crippen LogP contribution in [0.15, 0.2) is 41.5 Å². The van der Waals surface area contributed by atoms with Crippen LogP contribution in [0, 0.1) is 0 Å². The van der Waals surface area contributed by atoms with E-state index in [0.29, 0.717) is 25.5 Å². The molecule has 0 spiro atoms. The van der Waals surface area contributed by atoms with Crippen LogP contribution < -0.4 is 10.1 Å². The minimum Gasteiger partial charge on any atom is -0.491 e. The van der Waals surface area contributed by atoms with E-state index < -0.39 is 0 Å².